The molecule has 106 valence electrons. The zero-order chi connectivity index (χ0) is 14.8. The highest BCUT2D eigenvalue weighted by Crippen LogP contribution is 2.23. The van der Waals surface area contributed by atoms with Crippen LogP contribution in [0.15, 0.2) is 30.3 Å². The van der Waals surface area contributed by atoms with E-state index in [1.165, 1.54) is 0 Å². The number of fused-ring (bicyclic) bond motifs is 1. The zero-order valence-electron chi connectivity index (χ0n) is 10.5. The molecule has 20 heavy (non-hydrogen) atoms. The number of hydrogen-bond donors (Lipinski definition) is 1. The first-order chi connectivity index (χ1) is 9.35. The lowest BCUT2D eigenvalue weighted by Crippen LogP contribution is -2.23. The number of pyridine rings is 1. The van der Waals surface area contributed by atoms with Gasteiger partial charge in [0.15, 0.2) is 6.61 Å². The second-order valence-corrected chi connectivity index (χ2v) is 4.14. The number of halogens is 3. The van der Waals surface area contributed by atoms with Crippen LogP contribution in [0.1, 0.15) is 5.69 Å². The fourth-order valence-corrected chi connectivity index (χ4v) is 1.70. The van der Waals surface area contributed by atoms with Gasteiger partial charge in [-0.05, 0) is 19.1 Å². The van der Waals surface area contributed by atoms with Crippen molar-refractivity contribution in [3.05, 3.63) is 36.0 Å². The number of benzene rings is 1. The molecule has 1 heterocycles. The number of anilines is 1. The Labute approximate surface area is 112 Å². The molecular weight excluding hydrogens is 273 g/mol. The number of aromatic nitrogens is 1. The van der Waals surface area contributed by atoms with E-state index in [1.807, 2.05) is 0 Å². The van der Waals surface area contributed by atoms with Crippen LogP contribution in [0.5, 0.6) is 0 Å². The minimum absolute atomic E-state index is 0.361. The van der Waals surface area contributed by atoms with Gasteiger partial charge in [0, 0.05) is 11.1 Å². The molecule has 1 aromatic heterocycles. The molecule has 0 spiro atoms. The van der Waals surface area contributed by atoms with E-state index in [-0.39, 0.29) is 0 Å². The predicted molar refractivity (Wildman–Crippen MR) is 67.5 cm³/mol. The first kappa shape index (κ1) is 14.1. The van der Waals surface area contributed by atoms with Gasteiger partial charge in [0.2, 0.25) is 0 Å². The number of rotatable bonds is 2. The Balaban J connectivity index is 2.19. The lowest BCUT2D eigenvalue weighted by molar-refractivity contribution is -0.159. The molecule has 2 rings (SSSR count). The molecule has 1 aromatic carbocycles. The molecule has 0 fully saturated rings. The highest BCUT2D eigenvalue weighted by Gasteiger charge is 2.29. The van der Waals surface area contributed by atoms with Crippen molar-refractivity contribution in [1.29, 1.82) is 0 Å². The second-order valence-electron chi connectivity index (χ2n) is 4.14. The molecular formula is C13H11F3N2O2. The van der Waals surface area contributed by atoms with Crippen molar-refractivity contribution in [2.45, 2.75) is 13.1 Å². The predicted octanol–water partition coefficient (Wildman–Crippen LogP) is 3.65. The van der Waals surface area contributed by atoms with Crippen molar-refractivity contribution in [3.8, 4) is 0 Å². The maximum Gasteiger partial charge on any atom is 0.422 e. The number of para-hydroxylation sites is 1. The van der Waals surface area contributed by atoms with Crippen LogP contribution in [0.3, 0.4) is 0 Å². The molecule has 2 aromatic rings. The van der Waals surface area contributed by atoms with E-state index in [9.17, 15) is 18.0 Å². The Hall–Kier alpha value is -2.31. The summed E-state index contributed by atoms with van der Waals surface area (Å²) in [5.74, 6) is 0. The van der Waals surface area contributed by atoms with Crippen LogP contribution in [0.25, 0.3) is 10.9 Å². The minimum Gasteiger partial charge on any atom is -0.440 e. The van der Waals surface area contributed by atoms with Crippen molar-refractivity contribution >= 4 is 22.7 Å². The summed E-state index contributed by atoms with van der Waals surface area (Å²) in [6, 6.07) is 8.54. The third-order valence-corrected chi connectivity index (χ3v) is 2.45. The third-order valence-electron chi connectivity index (χ3n) is 2.45. The molecule has 0 aliphatic heterocycles. The van der Waals surface area contributed by atoms with Crippen LogP contribution in [0.4, 0.5) is 23.7 Å². The van der Waals surface area contributed by atoms with E-state index in [4.69, 9.17) is 0 Å². The number of aryl methyl sites for hydroxylation is 1. The van der Waals surface area contributed by atoms with Gasteiger partial charge >= 0.3 is 12.3 Å². The summed E-state index contributed by atoms with van der Waals surface area (Å²) >= 11 is 0. The molecule has 0 aliphatic rings. The van der Waals surface area contributed by atoms with Gasteiger partial charge in [-0.1, -0.05) is 18.2 Å². The molecule has 1 amide bonds. The third kappa shape index (κ3) is 3.59. The average Bonchev–Trinajstić information content (AvgIpc) is 2.35. The van der Waals surface area contributed by atoms with Crippen LogP contribution < -0.4 is 5.32 Å². The number of alkyl halides is 3. The van der Waals surface area contributed by atoms with Crippen LogP contribution in [0, 0.1) is 6.92 Å². The standard InChI is InChI=1S/C13H11F3N2O2/c1-8-6-11(9-4-2-3-5-10(9)17-8)18-12(19)20-7-13(14,15)16/h2-6H,7H2,1H3,(H,17,18,19). The fraction of sp³-hybridized carbons (Fsp3) is 0.231. The number of carbonyl (C=O) groups excluding carboxylic acids is 1. The van der Waals surface area contributed by atoms with Gasteiger partial charge < -0.3 is 4.74 Å². The molecule has 1 N–H and O–H groups in total. The van der Waals surface area contributed by atoms with E-state index in [1.54, 1.807) is 37.3 Å². The minimum atomic E-state index is -4.55. The number of hydrogen-bond acceptors (Lipinski definition) is 3. The average molecular weight is 284 g/mol. The maximum atomic E-state index is 12.0. The molecule has 0 saturated heterocycles. The summed E-state index contributed by atoms with van der Waals surface area (Å²) in [6.45, 7) is 0.0967. The van der Waals surface area contributed by atoms with Crippen LogP contribution in [-0.2, 0) is 4.74 Å². The van der Waals surface area contributed by atoms with Crippen molar-refractivity contribution in [1.82, 2.24) is 4.98 Å². The van der Waals surface area contributed by atoms with Crippen molar-refractivity contribution in [2.24, 2.45) is 0 Å². The van der Waals surface area contributed by atoms with E-state index in [0.717, 1.165) is 0 Å². The van der Waals surface area contributed by atoms with Crippen molar-refractivity contribution in [3.63, 3.8) is 0 Å². The monoisotopic (exact) mass is 284 g/mol. The Bertz CT molecular complexity index is 641. The summed E-state index contributed by atoms with van der Waals surface area (Å²) in [4.78, 5) is 15.6. The van der Waals surface area contributed by atoms with Gasteiger partial charge in [-0.3, -0.25) is 10.3 Å². The van der Waals surface area contributed by atoms with E-state index >= 15 is 0 Å². The second kappa shape index (κ2) is 5.36. The lowest BCUT2D eigenvalue weighted by atomic mass is 10.1. The molecule has 0 saturated carbocycles. The van der Waals surface area contributed by atoms with Crippen LogP contribution in [-0.4, -0.2) is 23.9 Å². The number of ether oxygens (including phenoxy) is 1. The zero-order valence-corrected chi connectivity index (χ0v) is 10.5. The van der Waals surface area contributed by atoms with Gasteiger partial charge in [0.1, 0.15) is 0 Å². The first-order valence-electron chi connectivity index (χ1n) is 5.72. The summed E-state index contributed by atoms with van der Waals surface area (Å²) in [6.07, 6.45) is -5.70. The van der Waals surface area contributed by atoms with E-state index < -0.39 is 18.9 Å². The Morgan fingerprint density at radius 3 is 2.75 bits per heavy atom. The van der Waals surface area contributed by atoms with Crippen molar-refractivity contribution < 1.29 is 22.7 Å². The summed E-state index contributed by atoms with van der Waals surface area (Å²) in [7, 11) is 0. The van der Waals surface area contributed by atoms with Gasteiger partial charge in [-0.2, -0.15) is 13.2 Å². The first-order valence-corrected chi connectivity index (χ1v) is 5.72. The largest absolute Gasteiger partial charge is 0.440 e. The smallest absolute Gasteiger partial charge is 0.422 e. The molecule has 0 bridgehead atoms. The Morgan fingerprint density at radius 1 is 1.35 bits per heavy atom. The van der Waals surface area contributed by atoms with Crippen LogP contribution >= 0.6 is 0 Å². The Kier molecular flexibility index (Phi) is 3.78. The quantitative estimate of drug-likeness (QED) is 0.915. The Morgan fingerprint density at radius 2 is 2.05 bits per heavy atom. The number of amides is 1. The van der Waals surface area contributed by atoms with Crippen molar-refractivity contribution in [2.75, 3.05) is 11.9 Å². The summed E-state index contributed by atoms with van der Waals surface area (Å²) < 4.78 is 40.0. The fourth-order valence-electron chi connectivity index (χ4n) is 1.70. The number of nitrogens with zero attached hydrogens (tertiary/aromatic N) is 1. The highest BCUT2D eigenvalue weighted by atomic mass is 19.4. The number of carbonyl (C=O) groups is 1. The maximum absolute atomic E-state index is 12.0. The molecule has 0 radical (unpaired) electrons. The van der Waals surface area contributed by atoms with Gasteiger partial charge in [0.05, 0.1) is 11.2 Å². The summed E-state index contributed by atoms with van der Waals surface area (Å²) in [5, 5.41) is 2.92. The summed E-state index contributed by atoms with van der Waals surface area (Å²) in [5.41, 5.74) is 1.63. The molecule has 0 atom stereocenters. The molecule has 4 nitrogen and oxygen atoms in total. The number of nitrogens with one attached hydrogen (secondary N) is 1. The van der Waals surface area contributed by atoms with Gasteiger partial charge in [0.25, 0.3) is 0 Å². The SMILES string of the molecule is Cc1cc(NC(=O)OCC(F)(F)F)c2ccccc2n1. The normalized spacial score (nSPS) is 11.4. The molecule has 0 aliphatic carbocycles. The van der Waals surface area contributed by atoms with Crippen LogP contribution in [0.2, 0.25) is 0 Å². The molecule has 0 unspecified atom stereocenters. The van der Waals surface area contributed by atoms with Gasteiger partial charge in [-0.25, -0.2) is 4.79 Å². The lowest BCUT2D eigenvalue weighted by Gasteiger charge is -2.11. The highest BCUT2D eigenvalue weighted by molar-refractivity contribution is 5.98. The van der Waals surface area contributed by atoms with E-state index in [2.05, 4.69) is 15.0 Å². The van der Waals surface area contributed by atoms with Gasteiger partial charge in [-0.15, -0.1) is 0 Å². The molecule has 7 heteroatoms. The van der Waals surface area contributed by atoms with E-state index in [0.29, 0.717) is 22.3 Å². The topological polar surface area (TPSA) is 51.2 Å².